The number of nitrogens with zero attached hydrogens (tertiary/aromatic N) is 3. The summed E-state index contributed by atoms with van der Waals surface area (Å²) in [4.78, 5) is 17.7. The third-order valence-electron chi connectivity index (χ3n) is 3.38. The molecule has 0 fully saturated rings. The minimum atomic E-state index is -0.898. The Morgan fingerprint density at radius 1 is 1.32 bits per heavy atom. The molecule has 2 heterocycles. The van der Waals surface area contributed by atoms with Gasteiger partial charge in [0.05, 0.1) is 16.9 Å². The molecule has 5 nitrogen and oxygen atoms in total. The second kappa shape index (κ2) is 7.28. The molecular weight excluding hydrogens is 370 g/mol. The topological polar surface area (TPSA) is 59.8 Å². The smallest absolute Gasteiger partial charge is 0.292 e. The number of hydrogen-bond acceptors (Lipinski definition) is 5. The molecule has 0 atom stereocenters. The van der Waals surface area contributed by atoms with Crippen molar-refractivity contribution in [2.24, 2.45) is 0 Å². The predicted octanol–water partition coefficient (Wildman–Crippen LogP) is 3.58. The van der Waals surface area contributed by atoms with Crippen LogP contribution in [0.15, 0.2) is 35.4 Å². The lowest BCUT2D eigenvalue weighted by molar-refractivity contribution is 0.571. The van der Waals surface area contributed by atoms with Crippen molar-refractivity contribution in [2.75, 3.05) is 11.9 Å². The third kappa shape index (κ3) is 3.85. The second-order valence-electron chi connectivity index (χ2n) is 5.23. The highest BCUT2D eigenvalue weighted by atomic mass is 35.5. The number of nitrogens with one attached hydrogen (secondary N) is 1. The van der Waals surface area contributed by atoms with Crippen LogP contribution >= 0.6 is 22.9 Å². The van der Waals surface area contributed by atoms with Crippen LogP contribution in [0.4, 0.5) is 14.5 Å². The quantitative estimate of drug-likeness (QED) is 0.732. The number of halogens is 3. The molecule has 0 aliphatic heterocycles. The van der Waals surface area contributed by atoms with Gasteiger partial charge in [0.25, 0.3) is 5.56 Å². The maximum absolute atomic E-state index is 13.8. The molecule has 0 saturated heterocycles. The van der Waals surface area contributed by atoms with Gasteiger partial charge in [0.1, 0.15) is 16.5 Å². The Hall–Kier alpha value is -2.32. The first-order valence-electron chi connectivity index (χ1n) is 7.34. The summed E-state index contributed by atoms with van der Waals surface area (Å²) in [6.45, 7) is 2.49. The van der Waals surface area contributed by atoms with Crippen LogP contribution in [0.1, 0.15) is 9.88 Å². The fourth-order valence-electron chi connectivity index (χ4n) is 2.20. The fourth-order valence-corrected chi connectivity index (χ4v) is 3.18. The van der Waals surface area contributed by atoms with E-state index >= 15 is 0 Å². The molecule has 1 N–H and O–H groups in total. The maximum atomic E-state index is 13.8. The average Bonchev–Trinajstić information content (AvgIpc) is 2.98. The van der Waals surface area contributed by atoms with E-state index in [4.69, 9.17) is 11.6 Å². The van der Waals surface area contributed by atoms with E-state index in [0.29, 0.717) is 24.7 Å². The highest BCUT2D eigenvalue weighted by Crippen LogP contribution is 2.19. The fraction of sp³-hybridized carbons (Fsp3) is 0.188. The number of thiazole rings is 1. The van der Waals surface area contributed by atoms with Gasteiger partial charge in [-0.2, -0.15) is 9.78 Å². The average molecular weight is 383 g/mol. The lowest BCUT2D eigenvalue weighted by Gasteiger charge is -2.10. The van der Waals surface area contributed by atoms with Gasteiger partial charge in [-0.1, -0.05) is 11.6 Å². The second-order valence-corrected chi connectivity index (χ2v) is 6.92. The predicted molar refractivity (Wildman–Crippen MR) is 93.8 cm³/mol. The summed E-state index contributed by atoms with van der Waals surface area (Å²) in [6.07, 6.45) is 3.80. The first-order valence-corrected chi connectivity index (χ1v) is 8.53. The van der Waals surface area contributed by atoms with Crippen LogP contribution in [0.2, 0.25) is 5.02 Å². The monoisotopic (exact) mass is 382 g/mol. The molecule has 0 amide bonds. The summed E-state index contributed by atoms with van der Waals surface area (Å²) in [5.74, 6) is -1.64. The Labute approximate surface area is 150 Å². The lowest BCUT2D eigenvalue weighted by Crippen LogP contribution is -2.24. The van der Waals surface area contributed by atoms with Crippen molar-refractivity contribution in [3.05, 3.63) is 67.5 Å². The van der Waals surface area contributed by atoms with E-state index in [9.17, 15) is 13.6 Å². The van der Waals surface area contributed by atoms with Gasteiger partial charge in [-0.3, -0.25) is 4.79 Å². The number of hydrogen-bond donors (Lipinski definition) is 1. The lowest BCUT2D eigenvalue weighted by atomic mass is 10.3. The molecule has 25 heavy (non-hydrogen) atoms. The van der Waals surface area contributed by atoms with Gasteiger partial charge >= 0.3 is 0 Å². The minimum absolute atomic E-state index is 0.117. The van der Waals surface area contributed by atoms with E-state index < -0.39 is 17.2 Å². The van der Waals surface area contributed by atoms with Crippen molar-refractivity contribution in [3.8, 4) is 5.69 Å². The molecule has 2 aromatic heterocycles. The Bertz CT molecular complexity index is 973. The maximum Gasteiger partial charge on any atom is 0.292 e. The van der Waals surface area contributed by atoms with Crippen molar-refractivity contribution in [1.82, 2.24) is 14.8 Å². The number of rotatable bonds is 5. The Morgan fingerprint density at radius 3 is 2.80 bits per heavy atom. The van der Waals surface area contributed by atoms with Gasteiger partial charge in [0, 0.05) is 30.1 Å². The highest BCUT2D eigenvalue weighted by molar-refractivity contribution is 7.11. The third-order valence-corrected chi connectivity index (χ3v) is 4.72. The molecule has 0 saturated carbocycles. The van der Waals surface area contributed by atoms with Gasteiger partial charge in [0.15, 0.2) is 5.82 Å². The van der Waals surface area contributed by atoms with Crippen LogP contribution in [-0.4, -0.2) is 21.3 Å². The minimum Gasteiger partial charge on any atom is -0.382 e. The first kappa shape index (κ1) is 17.5. The first-order chi connectivity index (χ1) is 12.0. The number of aromatic nitrogens is 3. The van der Waals surface area contributed by atoms with Crippen LogP contribution in [0.5, 0.6) is 0 Å². The van der Waals surface area contributed by atoms with E-state index in [0.717, 1.165) is 26.7 Å². The molecule has 0 unspecified atom stereocenters. The Balaban J connectivity index is 1.79. The molecule has 0 radical (unpaired) electrons. The molecule has 0 spiro atoms. The normalized spacial score (nSPS) is 10.9. The Kier molecular flexibility index (Phi) is 5.10. The van der Waals surface area contributed by atoms with Crippen molar-refractivity contribution in [2.45, 2.75) is 13.3 Å². The summed E-state index contributed by atoms with van der Waals surface area (Å²) >= 11 is 7.67. The van der Waals surface area contributed by atoms with E-state index in [1.165, 1.54) is 6.20 Å². The molecule has 130 valence electrons. The van der Waals surface area contributed by atoms with Gasteiger partial charge in [-0.25, -0.2) is 13.8 Å². The largest absolute Gasteiger partial charge is 0.382 e. The van der Waals surface area contributed by atoms with Gasteiger partial charge in [-0.15, -0.1) is 11.3 Å². The van der Waals surface area contributed by atoms with Gasteiger partial charge < -0.3 is 5.32 Å². The van der Waals surface area contributed by atoms with Gasteiger partial charge in [0.2, 0.25) is 0 Å². The van der Waals surface area contributed by atoms with Crippen molar-refractivity contribution in [1.29, 1.82) is 0 Å². The number of aryl methyl sites for hydroxylation is 1. The van der Waals surface area contributed by atoms with Crippen LogP contribution in [-0.2, 0) is 6.42 Å². The molecule has 1 aromatic carbocycles. The summed E-state index contributed by atoms with van der Waals surface area (Å²) in [5.41, 5.74) is -0.515. The van der Waals surface area contributed by atoms with E-state index in [-0.39, 0.29) is 10.7 Å². The zero-order chi connectivity index (χ0) is 18.0. The van der Waals surface area contributed by atoms with Crippen LogP contribution in [0, 0.1) is 18.6 Å². The molecule has 3 aromatic rings. The molecule has 0 aliphatic rings. The number of anilines is 1. The van der Waals surface area contributed by atoms with Gasteiger partial charge in [-0.05, 0) is 19.1 Å². The van der Waals surface area contributed by atoms with Crippen molar-refractivity contribution >= 4 is 28.6 Å². The molecule has 9 heteroatoms. The van der Waals surface area contributed by atoms with E-state index in [1.807, 2.05) is 6.92 Å². The molecule has 3 rings (SSSR count). The zero-order valence-corrected chi connectivity index (χ0v) is 14.7. The van der Waals surface area contributed by atoms with Crippen molar-refractivity contribution in [3.63, 3.8) is 0 Å². The SMILES string of the molecule is Cc1cnc(CCNc2cnn(-c3ccc(F)cc3F)c(=O)c2Cl)s1. The summed E-state index contributed by atoms with van der Waals surface area (Å²) in [7, 11) is 0. The summed E-state index contributed by atoms with van der Waals surface area (Å²) < 4.78 is 27.6. The van der Waals surface area contributed by atoms with E-state index in [1.54, 1.807) is 17.5 Å². The summed E-state index contributed by atoms with van der Waals surface area (Å²) in [6, 6.07) is 2.86. The zero-order valence-electron chi connectivity index (χ0n) is 13.1. The van der Waals surface area contributed by atoms with Crippen LogP contribution in [0.3, 0.4) is 0 Å². The van der Waals surface area contributed by atoms with Crippen molar-refractivity contribution < 1.29 is 8.78 Å². The molecule has 0 aliphatic carbocycles. The van der Waals surface area contributed by atoms with Crippen LogP contribution in [0.25, 0.3) is 5.69 Å². The molecular formula is C16H13ClF2N4OS. The highest BCUT2D eigenvalue weighted by Gasteiger charge is 2.14. The van der Waals surface area contributed by atoms with E-state index in [2.05, 4.69) is 15.4 Å². The molecule has 0 bridgehead atoms. The number of benzene rings is 1. The Morgan fingerprint density at radius 2 is 2.12 bits per heavy atom. The van der Waals surface area contributed by atoms with Crippen LogP contribution < -0.4 is 10.9 Å². The summed E-state index contributed by atoms with van der Waals surface area (Å²) in [5, 5.41) is 7.78. The standard InChI is InChI=1S/C16H13ClF2N4OS/c1-9-7-21-14(25-9)4-5-20-12-8-22-23(16(24)15(12)17)13-3-2-10(18)6-11(13)19/h2-3,6-8,20H,4-5H2,1H3.